The van der Waals surface area contributed by atoms with Crippen LogP contribution in [-0.4, -0.2) is 43.1 Å². The van der Waals surface area contributed by atoms with Crippen LogP contribution >= 0.6 is 0 Å². The summed E-state index contributed by atoms with van der Waals surface area (Å²) in [6.07, 6.45) is 0.850. The number of hydrogen-bond acceptors (Lipinski definition) is 7. The van der Waals surface area contributed by atoms with Crippen LogP contribution in [0.3, 0.4) is 0 Å². The maximum Gasteiger partial charge on any atom is 0.338 e. The monoisotopic (exact) mass is 529 g/mol. The van der Waals surface area contributed by atoms with Crippen molar-refractivity contribution in [2.75, 3.05) is 25.2 Å². The Balaban J connectivity index is 1.89. The highest BCUT2D eigenvalue weighted by molar-refractivity contribution is 6.51. The van der Waals surface area contributed by atoms with Gasteiger partial charge in [0.25, 0.3) is 11.7 Å². The van der Waals surface area contributed by atoms with Gasteiger partial charge in [0.2, 0.25) is 0 Å². The van der Waals surface area contributed by atoms with Crippen molar-refractivity contribution >= 4 is 29.1 Å². The molecule has 8 heteroatoms. The standard InChI is InChI=1S/C31H31NO7/c1-5-15-39-25-14-13-21(16-19(25)3)28(33)26-27(20-9-8-12-24(18-20)37-4)32(30(35)29(26)34)23-11-7-10-22(17-23)31(36)38-6-2/h7-14,16-18,27,33H,5-6,15H2,1-4H3/b28-26+. The maximum atomic E-state index is 13.5. The van der Waals surface area contributed by atoms with Gasteiger partial charge in [-0.05, 0) is 79.9 Å². The van der Waals surface area contributed by atoms with Gasteiger partial charge in [-0.2, -0.15) is 0 Å². The first-order valence-electron chi connectivity index (χ1n) is 12.8. The lowest BCUT2D eigenvalue weighted by Gasteiger charge is -2.26. The number of nitrogens with zero attached hydrogens (tertiary/aromatic N) is 1. The Hall–Kier alpha value is -4.59. The van der Waals surface area contributed by atoms with Gasteiger partial charge in [0.15, 0.2) is 0 Å². The third-order valence-corrected chi connectivity index (χ3v) is 6.40. The van der Waals surface area contributed by atoms with Gasteiger partial charge in [-0.25, -0.2) is 4.79 Å². The molecule has 1 N–H and O–H groups in total. The number of carbonyl (C=O) groups is 3. The lowest BCUT2D eigenvalue weighted by atomic mass is 9.94. The second-order valence-electron chi connectivity index (χ2n) is 9.05. The lowest BCUT2D eigenvalue weighted by molar-refractivity contribution is -0.132. The molecule has 0 aromatic heterocycles. The number of carbonyl (C=O) groups excluding carboxylic acids is 3. The molecule has 1 unspecified atom stereocenters. The molecular formula is C31H31NO7. The van der Waals surface area contributed by atoms with Gasteiger partial charge in [0.05, 0.1) is 37.5 Å². The zero-order valence-electron chi connectivity index (χ0n) is 22.4. The van der Waals surface area contributed by atoms with Gasteiger partial charge in [0, 0.05) is 11.3 Å². The molecule has 3 aromatic rings. The third kappa shape index (κ3) is 5.50. The Morgan fingerprint density at radius 1 is 0.974 bits per heavy atom. The molecule has 0 spiro atoms. The predicted molar refractivity (Wildman–Crippen MR) is 147 cm³/mol. The summed E-state index contributed by atoms with van der Waals surface area (Å²) in [6.45, 7) is 6.31. The number of ketones is 1. The average Bonchev–Trinajstić information content (AvgIpc) is 3.22. The Morgan fingerprint density at radius 3 is 2.44 bits per heavy atom. The second-order valence-corrected chi connectivity index (χ2v) is 9.05. The molecule has 1 saturated heterocycles. The molecule has 4 rings (SSSR count). The van der Waals surface area contributed by atoms with Crippen LogP contribution in [0, 0.1) is 6.92 Å². The fourth-order valence-electron chi connectivity index (χ4n) is 4.55. The summed E-state index contributed by atoms with van der Waals surface area (Å²) in [7, 11) is 1.52. The van der Waals surface area contributed by atoms with Crippen molar-refractivity contribution in [3.8, 4) is 11.5 Å². The number of aryl methyl sites for hydroxylation is 1. The topological polar surface area (TPSA) is 102 Å². The van der Waals surface area contributed by atoms with E-state index in [0.717, 1.165) is 12.0 Å². The first-order valence-corrected chi connectivity index (χ1v) is 12.8. The minimum atomic E-state index is -0.978. The Labute approximate surface area is 227 Å². The molecule has 1 heterocycles. The highest BCUT2D eigenvalue weighted by atomic mass is 16.5. The van der Waals surface area contributed by atoms with E-state index >= 15 is 0 Å². The van der Waals surface area contributed by atoms with E-state index in [9.17, 15) is 19.5 Å². The van der Waals surface area contributed by atoms with Crippen molar-refractivity contribution < 1.29 is 33.7 Å². The van der Waals surface area contributed by atoms with Crippen LogP contribution in [0.25, 0.3) is 5.76 Å². The molecule has 1 aliphatic rings. The number of amides is 1. The number of ether oxygens (including phenoxy) is 3. The zero-order chi connectivity index (χ0) is 28.1. The van der Waals surface area contributed by atoms with E-state index in [1.165, 1.54) is 18.1 Å². The molecule has 8 nitrogen and oxygen atoms in total. The molecule has 0 aliphatic carbocycles. The van der Waals surface area contributed by atoms with Crippen molar-refractivity contribution in [2.24, 2.45) is 0 Å². The minimum absolute atomic E-state index is 0.0728. The normalized spacial score (nSPS) is 16.3. The van der Waals surface area contributed by atoms with Gasteiger partial charge in [-0.15, -0.1) is 0 Å². The highest BCUT2D eigenvalue weighted by Gasteiger charge is 2.47. The van der Waals surface area contributed by atoms with Gasteiger partial charge in [0.1, 0.15) is 17.3 Å². The number of rotatable bonds is 9. The summed E-state index contributed by atoms with van der Waals surface area (Å²) in [5.41, 5.74) is 2.19. The van der Waals surface area contributed by atoms with Crippen molar-refractivity contribution in [3.63, 3.8) is 0 Å². The second kappa shape index (κ2) is 11.9. The van der Waals surface area contributed by atoms with E-state index in [4.69, 9.17) is 14.2 Å². The molecule has 0 saturated carbocycles. The van der Waals surface area contributed by atoms with Crippen LogP contribution in [0.2, 0.25) is 0 Å². The van der Waals surface area contributed by atoms with Crippen molar-refractivity contribution in [1.29, 1.82) is 0 Å². The van der Waals surface area contributed by atoms with Crippen LogP contribution in [-0.2, 0) is 14.3 Å². The number of methoxy groups -OCH3 is 1. The van der Waals surface area contributed by atoms with E-state index in [1.807, 2.05) is 13.8 Å². The Morgan fingerprint density at radius 2 is 1.74 bits per heavy atom. The third-order valence-electron chi connectivity index (χ3n) is 6.40. The van der Waals surface area contributed by atoms with Crippen LogP contribution < -0.4 is 14.4 Å². The number of esters is 1. The highest BCUT2D eigenvalue weighted by Crippen LogP contribution is 2.43. The smallest absolute Gasteiger partial charge is 0.338 e. The molecule has 0 bridgehead atoms. The average molecular weight is 530 g/mol. The molecule has 1 fully saturated rings. The van der Waals surface area contributed by atoms with Gasteiger partial charge >= 0.3 is 5.97 Å². The fraction of sp³-hybridized carbons (Fsp3) is 0.258. The quantitative estimate of drug-likeness (QED) is 0.167. The first-order chi connectivity index (χ1) is 18.8. The van der Waals surface area contributed by atoms with E-state index in [-0.39, 0.29) is 23.5 Å². The van der Waals surface area contributed by atoms with Crippen LogP contribution in [0.4, 0.5) is 5.69 Å². The molecule has 3 aromatic carbocycles. The van der Waals surface area contributed by atoms with Crippen molar-refractivity contribution in [3.05, 3.63) is 94.6 Å². The Bertz CT molecular complexity index is 1440. The fourth-order valence-corrected chi connectivity index (χ4v) is 4.55. The molecule has 202 valence electrons. The van der Waals surface area contributed by atoms with Crippen molar-refractivity contribution in [1.82, 2.24) is 0 Å². The lowest BCUT2D eigenvalue weighted by Crippen LogP contribution is -2.29. The van der Waals surface area contributed by atoms with Crippen LogP contribution in [0.5, 0.6) is 11.5 Å². The zero-order valence-corrected chi connectivity index (χ0v) is 22.4. The number of anilines is 1. The van der Waals surface area contributed by atoms with E-state index in [0.29, 0.717) is 34.9 Å². The predicted octanol–water partition coefficient (Wildman–Crippen LogP) is 5.60. The largest absolute Gasteiger partial charge is 0.507 e. The molecule has 39 heavy (non-hydrogen) atoms. The molecule has 1 amide bonds. The summed E-state index contributed by atoms with van der Waals surface area (Å²) < 4.78 is 16.2. The molecular weight excluding hydrogens is 498 g/mol. The number of aliphatic hydroxyl groups excluding tert-OH is 1. The molecule has 0 radical (unpaired) electrons. The number of aliphatic hydroxyl groups is 1. The number of Topliss-reactive ketones (excluding diaryl/α,β-unsaturated/α-hetero) is 1. The summed E-state index contributed by atoms with van der Waals surface area (Å²) >= 11 is 0. The summed E-state index contributed by atoms with van der Waals surface area (Å²) in [5.74, 6) is -1.33. The number of hydrogen-bond donors (Lipinski definition) is 1. The van der Waals surface area contributed by atoms with Crippen LogP contribution in [0.1, 0.15) is 53.4 Å². The summed E-state index contributed by atoms with van der Waals surface area (Å²) in [6, 6.07) is 17.4. The van der Waals surface area contributed by atoms with E-state index < -0.39 is 23.7 Å². The van der Waals surface area contributed by atoms with E-state index in [1.54, 1.807) is 67.6 Å². The maximum absolute atomic E-state index is 13.5. The minimum Gasteiger partial charge on any atom is -0.507 e. The number of benzene rings is 3. The van der Waals surface area contributed by atoms with Gasteiger partial charge in [-0.1, -0.05) is 25.1 Å². The summed E-state index contributed by atoms with van der Waals surface area (Å²) in [4.78, 5) is 40.7. The van der Waals surface area contributed by atoms with Gasteiger partial charge < -0.3 is 19.3 Å². The van der Waals surface area contributed by atoms with Gasteiger partial charge in [-0.3, -0.25) is 14.5 Å². The molecule has 1 aliphatic heterocycles. The first kappa shape index (κ1) is 27.4. The SMILES string of the molecule is CCCOc1ccc(/C(O)=C2\C(=O)C(=O)N(c3cccc(C(=O)OCC)c3)C2c2cccc(OC)c2)cc1C. The summed E-state index contributed by atoms with van der Waals surface area (Å²) in [5, 5.41) is 11.5. The van der Waals surface area contributed by atoms with Crippen LogP contribution in [0.15, 0.2) is 72.3 Å². The van der Waals surface area contributed by atoms with Crippen molar-refractivity contribution in [2.45, 2.75) is 33.2 Å². The Kier molecular flexibility index (Phi) is 8.34. The molecule has 1 atom stereocenters. The van der Waals surface area contributed by atoms with E-state index in [2.05, 4.69) is 0 Å².